The molecule has 0 radical (unpaired) electrons. The molecule has 0 aromatic carbocycles. The van der Waals surface area contributed by atoms with Crippen LogP contribution in [0.1, 0.15) is 52.4 Å². The van der Waals surface area contributed by atoms with Crippen molar-refractivity contribution in [2.24, 2.45) is 5.41 Å². The highest BCUT2D eigenvalue weighted by molar-refractivity contribution is 4.90. The molecule has 1 atom stereocenters. The largest absolute Gasteiger partial charge is 0.383 e. The molecule has 1 unspecified atom stereocenters. The minimum absolute atomic E-state index is 0.546. The smallest absolute Gasteiger partial charge is 0.0615 e. The van der Waals surface area contributed by atoms with E-state index >= 15 is 0 Å². The zero-order chi connectivity index (χ0) is 11.1. The summed E-state index contributed by atoms with van der Waals surface area (Å²) in [6, 6.07) is 0.546. The SMILES string of the molecule is CCCC1(CNC(CC)COC)CCC1. The Hall–Kier alpha value is -0.0800. The molecule has 0 amide bonds. The molecule has 2 nitrogen and oxygen atoms in total. The van der Waals surface area contributed by atoms with Gasteiger partial charge in [-0.3, -0.25) is 0 Å². The molecule has 1 aliphatic rings. The minimum Gasteiger partial charge on any atom is -0.383 e. The molecule has 0 heterocycles. The van der Waals surface area contributed by atoms with Gasteiger partial charge in [0.1, 0.15) is 0 Å². The fourth-order valence-corrected chi connectivity index (χ4v) is 2.61. The molecule has 0 saturated heterocycles. The van der Waals surface area contributed by atoms with Crippen LogP contribution in [-0.4, -0.2) is 26.3 Å². The molecule has 1 N–H and O–H groups in total. The Kier molecular flexibility index (Phi) is 5.62. The summed E-state index contributed by atoms with van der Waals surface area (Å²) in [5.41, 5.74) is 0.635. The lowest BCUT2D eigenvalue weighted by Gasteiger charge is -2.43. The van der Waals surface area contributed by atoms with E-state index in [0.29, 0.717) is 11.5 Å². The first kappa shape index (κ1) is 13.0. The molecule has 90 valence electrons. The highest BCUT2D eigenvalue weighted by Crippen LogP contribution is 2.44. The summed E-state index contributed by atoms with van der Waals surface area (Å²) in [4.78, 5) is 0. The van der Waals surface area contributed by atoms with Gasteiger partial charge >= 0.3 is 0 Å². The van der Waals surface area contributed by atoms with Crippen molar-refractivity contribution in [1.29, 1.82) is 0 Å². The summed E-state index contributed by atoms with van der Waals surface area (Å²) in [5, 5.41) is 3.67. The maximum absolute atomic E-state index is 5.21. The molecular weight excluding hydrogens is 186 g/mol. The van der Waals surface area contributed by atoms with Crippen LogP contribution in [0, 0.1) is 5.41 Å². The van der Waals surface area contributed by atoms with Crippen LogP contribution in [-0.2, 0) is 4.74 Å². The maximum Gasteiger partial charge on any atom is 0.0615 e. The van der Waals surface area contributed by atoms with Gasteiger partial charge in [-0.05, 0) is 31.1 Å². The average Bonchev–Trinajstić information content (AvgIpc) is 2.19. The topological polar surface area (TPSA) is 21.3 Å². The third kappa shape index (κ3) is 3.76. The molecule has 2 heteroatoms. The van der Waals surface area contributed by atoms with Crippen LogP contribution >= 0.6 is 0 Å². The van der Waals surface area contributed by atoms with Gasteiger partial charge in [0.05, 0.1) is 6.61 Å². The maximum atomic E-state index is 5.21. The Morgan fingerprint density at radius 2 is 2.07 bits per heavy atom. The first-order chi connectivity index (χ1) is 7.26. The Morgan fingerprint density at radius 1 is 1.33 bits per heavy atom. The van der Waals surface area contributed by atoms with Crippen molar-refractivity contribution in [1.82, 2.24) is 5.32 Å². The minimum atomic E-state index is 0.546. The first-order valence-corrected chi connectivity index (χ1v) is 6.48. The summed E-state index contributed by atoms with van der Waals surface area (Å²) < 4.78 is 5.21. The lowest BCUT2D eigenvalue weighted by Crippen LogP contribution is -2.44. The van der Waals surface area contributed by atoms with Crippen molar-refractivity contribution in [3.63, 3.8) is 0 Å². The summed E-state index contributed by atoms with van der Waals surface area (Å²) in [7, 11) is 1.79. The van der Waals surface area contributed by atoms with Crippen molar-refractivity contribution in [2.75, 3.05) is 20.3 Å². The third-order valence-electron chi connectivity index (χ3n) is 3.82. The van der Waals surface area contributed by atoms with Crippen LogP contribution in [0.2, 0.25) is 0 Å². The fourth-order valence-electron chi connectivity index (χ4n) is 2.61. The van der Waals surface area contributed by atoms with E-state index in [9.17, 15) is 0 Å². The Balaban J connectivity index is 2.26. The van der Waals surface area contributed by atoms with Crippen molar-refractivity contribution >= 4 is 0 Å². The van der Waals surface area contributed by atoms with E-state index in [4.69, 9.17) is 4.74 Å². The van der Waals surface area contributed by atoms with Crippen LogP contribution in [0.15, 0.2) is 0 Å². The second kappa shape index (κ2) is 6.49. The number of hydrogen-bond acceptors (Lipinski definition) is 2. The monoisotopic (exact) mass is 213 g/mol. The number of nitrogens with one attached hydrogen (secondary N) is 1. The van der Waals surface area contributed by atoms with E-state index in [1.165, 1.54) is 38.6 Å². The summed E-state index contributed by atoms with van der Waals surface area (Å²) in [5.74, 6) is 0. The van der Waals surface area contributed by atoms with Crippen LogP contribution < -0.4 is 5.32 Å². The summed E-state index contributed by atoms with van der Waals surface area (Å²) in [6.45, 7) is 6.57. The van der Waals surface area contributed by atoms with Crippen LogP contribution in [0.3, 0.4) is 0 Å². The van der Waals surface area contributed by atoms with Gasteiger partial charge in [0.25, 0.3) is 0 Å². The van der Waals surface area contributed by atoms with Gasteiger partial charge < -0.3 is 10.1 Å². The van der Waals surface area contributed by atoms with Crippen molar-refractivity contribution < 1.29 is 4.74 Å². The van der Waals surface area contributed by atoms with E-state index < -0.39 is 0 Å². The van der Waals surface area contributed by atoms with Crippen molar-refractivity contribution in [2.45, 2.75) is 58.4 Å². The van der Waals surface area contributed by atoms with E-state index in [0.717, 1.165) is 13.0 Å². The quantitative estimate of drug-likeness (QED) is 0.669. The zero-order valence-electron chi connectivity index (χ0n) is 10.6. The predicted octanol–water partition coefficient (Wildman–Crippen LogP) is 2.97. The second-order valence-electron chi connectivity index (χ2n) is 5.04. The zero-order valence-corrected chi connectivity index (χ0v) is 10.6. The average molecular weight is 213 g/mol. The highest BCUT2D eigenvalue weighted by atomic mass is 16.5. The Morgan fingerprint density at radius 3 is 2.47 bits per heavy atom. The lowest BCUT2D eigenvalue weighted by atomic mass is 9.66. The van der Waals surface area contributed by atoms with Gasteiger partial charge in [-0.1, -0.05) is 26.7 Å². The second-order valence-corrected chi connectivity index (χ2v) is 5.04. The van der Waals surface area contributed by atoms with E-state index in [2.05, 4.69) is 19.2 Å². The molecule has 1 rings (SSSR count). The first-order valence-electron chi connectivity index (χ1n) is 6.48. The lowest BCUT2D eigenvalue weighted by molar-refractivity contribution is 0.0966. The van der Waals surface area contributed by atoms with Crippen molar-refractivity contribution in [3.05, 3.63) is 0 Å². The van der Waals surface area contributed by atoms with Crippen LogP contribution in [0.4, 0.5) is 0 Å². The van der Waals surface area contributed by atoms with Crippen LogP contribution in [0.25, 0.3) is 0 Å². The van der Waals surface area contributed by atoms with Crippen molar-refractivity contribution in [3.8, 4) is 0 Å². The van der Waals surface area contributed by atoms with E-state index in [1.54, 1.807) is 7.11 Å². The highest BCUT2D eigenvalue weighted by Gasteiger charge is 2.35. The Bertz CT molecular complexity index is 166. The molecule has 1 saturated carbocycles. The molecule has 1 aliphatic carbocycles. The van der Waals surface area contributed by atoms with Gasteiger partial charge in [0.15, 0.2) is 0 Å². The standard InChI is InChI=1S/C13H27NO/c1-4-7-13(8-6-9-13)11-14-12(5-2)10-15-3/h12,14H,4-11H2,1-3H3. The van der Waals surface area contributed by atoms with Gasteiger partial charge in [-0.2, -0.15) is 0 Å². The number of hydrogen-bond donors (Lipinski definition) is 1. The molecular formula is C13H27NO. The molecule has 15 heavy (non-hydrogen) atoms. The normalized spacial score (nSPS) is 21.0. The van der Waals surface area contributed by atoms with Gasteiger partial charge in [0.2, 0.25) is 0 Å². The fraction of sp³-hybridized carbons (Fsp3) is 1.00. The molecule has 1 fully saturated rings. The Labute approximate surface area is 94.8 Å². The third-order valence-corrected chi connectivity index (χ3v) is 3.82. The van der Waals surface area contributed by atoms with Crippen LogP contribution in [0.5, 0.6) is 0 Å². The number of ether oxygens (including phenoxy) is 1. The molecule has 0 aromatic rings. The van der Waals surface area contributed by atoms with E-state index in [-0.39, 0.29) is 0 Å². The van der Waals surface area contributed by atoms with Gasteiger partial charge in [-0.25, -0.2) is 0 Å². The molecule has 0 spiro atoms. The molecule has 0 aliphatic heterocycles. The van der Waals surface area contributed by atoms with Gasteiger partial charge in [0, 0.05) is 19.7 Å². The predicted molar refractivity (Wildman–Crippen MR) is 65.1 cm³/mol. The number of methoxy groups -OCH3 is 1. The molecule has 0 bridgehead atoms. The summed E-state index contributed by atoms with van der Waals surface area (Å²) >= 11 is 0. The van der Waals surface area contributed by atoms with E-state index in [1.807, 2.05) is 0 Å². The summed E-state index contributed by atoms with van der Waals surface area (Å²) in [6.07, 6.45) is 8.17. The van der Waals surface area contributed by atoms with Gasteiger partial charge in [-0.15, -0.1) is 0 Å². The number of rotatable bonds is 8. The molecule has 0 aromatic heterocycles.